The molecule has 0 unspecified atom stereocenters. The van der Waals surface area contributed by atoms with E-state index in [4.69, 9.17) is 4.74 Å². The number of halogens is 1. The zero-order valence-corrected chi connectivity index (χ0v) is 15.1. The van der Waals surface area contributed by atoms with Gasteiger partial charge in [0.15, 0.2) is 11.6 Å². The number of aryl methyl sites for hydroxylation is 2. The first-order valence-electron chi connectivity index (χ1n) is 8.78. The molecule has 136 valence electrons. The third kappa shape index (κ3) is 5.05. The predicted octanol–water partition coefficient (Wildman–Crippen LogP) is 3.62. The molecule has 1 N–H and O–H groups in total. The Bertz CT molecular complexity index is 713. The second-order valence-corrected chi connectivity index (χ2v) is 5.97. The lowest BCUT2D eigenvalue weighted by Crippen LogP contribution is -2.25. The number of hydrogen-bond acceptors (Lipinski definition) is 3. The molecular formula is C19H26FN3O2. The van der Waals surface area contributed by atoms with E-state index in [0.29, 0.717) is 17.9 Å². The largest absolute Gasteiger partial charge is 0.491 e. The van der Waals surface area contributed by atoms with Crippen molar-refractivity contribution in [1.82, 2.24) is 15.1 Å². The fourth-order valence-corrected chi connectivity index (χ4v) is 2.52. The summed E-state index contributed by atoms with van der Waals surface area (Å²) in [5.41, 5.74) is 1.71. The van der Waals surface area contributed by atoms with Gasteiger partial charge in [0.05, 0.1) is 12.3 Å². The summed E-state index contributed by atoms with van der Waals surface area (Å²) in [5.74, 6) is -0.460. The highest BCUT2D eigenvalue weighted by molar-refractivity contribution is 5.92. The minimum Gasteiger partial charge on any atom is -0.491 e. The number of ether oxygens (including phenoxy) is 1. The van der Waals surface area contributed by atoms with Crippen LogP contribution in [0, 0.1) is 5.82 Å². The molecule has 1 aromatic carbocycles. The molecule has 0 aliphatic rings. The third-order valence-corrected chi connectivity index (χ3v) is 4.01. The Morgan fingerprint density at radius 2 is 2.12 bits per heavy atom. The summed E-state index contributed by atoms with van der Waals surface area (Å²) in [6, 6.07) is 6.74. The van der Waals surface area contributed by atoms with E-state index in [0.717, 1.165) is 31.4 Å². The molecule has 0 radical (unpaired) electrons. The van der Waals surface area contributed by atoms with Crippen molar-refractivity contribution in [1.29, 1.82) is 0 Å². The molecule has 25 heavy (non-hydrogen) atoms. The number of nitrogens with one attached hydrogen (secondary N) is 1. The van der Waals surface area contributed by atoms with Crippen molar-refractivity contribution in [3.63, 3.8) is 0 Å². The Kier molecular flexibility index (Phi) is 6.98. The molecule has 0 aliphatic heterocycles. The Labute approximate surface area is 148 Å². The maximum Gasteiger partial charge on any atom is 0.269 e. The molecule has 0 saturated carbocycles. The Balaban J connectivity index is 1.98. The first-order valence-corrected chi connectivity index (χ1v) is 8.78. The molecule has 0 bridgehead atoms. The topological polar surface area (TPSA) is 56.1 Å². The van der Waals surface area contributed by atoms with Crippen LogP contribution < -0.4 is 10.1 Å². The summed E-state index contributed by atoms with van der Waals surface area (Å²) in [5, 5.41) is 6.99. The van der Waals surface area contributed by atoms with Crippen molar-refractivity contribution in [3.8, 4) is 5.75 Å². The van der Waals surface area contributed by atoms with Gasteiger partial charge >= 0.3 is 0 Å². The van der Waals surface area contributed by atoms with Gasteiger partial charge in [-0.25, -0.2) is 4.39 Å². The number of hydrogen-bond donors (Lipinski definition) is 1. The molecule has 5 nitrogen and oxygen atoms in total. The van der Waals surface area contributed by atoms with Crippen LogP contribution in [0.1, 0.15) is 54.9 Å². The summed E-state index contributed by atoms with van der Waals surface area (Å²) >= 11 is 0. The summed E-state index contributed by atoms with van der Waals surface area (Å²) in [6.45, 7) is 4.68. The highest BCUT2D eigenvalue weighted by Crippen LogP contribution is 2.21. The molecule has 1 heterocycles. The van der Waals surface area contributed by atoms with Crippen molar-refractivity contribution >= 4 is 5.91 Å². The van der Waals surface area contributed by atoms with Crippen LogP contribution in [-0.4, -0.2) is 22.3 Å². The van der Waals surface area contributed by atoms with Crippen molar-refractivity contribution in [2.45, 2.75) is 46.1 Å². The molecule has 6 heteroatoms. The lowest BCUT2D eigenvalue weighted by molar-refractivity contribution is 0.0941. The quantitative estimate of drug-likeness (QED) is 0.705. The van der Waals surface area contributed by atoms with Crippen LogP contribution in [0.2, 0.25) is 0 Å². The highest BCUT2D eigenvalue weighted by Gasteiger charge is 2.14. The van der Waals surface area contributed by atoms with Crippen LogP contribution in [-0.2, 0) is 20.0 Å². The minimum absolute atomic E-state index is 0.101. The van der Waals surface area contributed by atoms with E-state index in [1.165, 1.54) is 4.68 Å². The smallest absolute Gasteiger partial charge is 0.269 e. The van der Waals surface area contributed by atoms with Crippen LogP contribution in [0.15, 0.2) is 24.3 Å². The molecule has 0 spiro atoms. The summed E-state index contributed by atoms with van der Waals surface area (Å²) in [4.78, 5) is 12.3. The van der Waals surface area contributed by atoms with Gasteiger partial charge in [0, 0.05) is 19.2 Å². The molecule has 0 atom stereocenters. The molecule has 2 rings (SSSR count). The average Bonchev–Trinajstić information content (AvgIpc) is 2.99. The lowest BCUT2D eigenvalue weighted by atomic mass is 10.2. The normalized spacial score (nSPS) is 10.7. The van der Waals surface area contributed by atoms with Crippen molar-refractivity contribution in [2.75, 3.05) is 6.61 Å². The van der Waals surface area contributed by atoms with Gasteiger partial charge in [0.2, 0.25) is 0 Å². The molecular weight excluding hydrogens is 321 g/mol. The Morgan fingerprint density at radius 1 is 1.32 bits per heavy atom. The monoisotopic (exact) mass is 347 g/mol. The van der Waals surface area contributed by atoms with Gasteiger partial charge in [-0.3, -0.25) is 9.48 Å². The first kappa shape index (κ1) is 19.0. The van der Waals surface area contributed by atoms with E-state index < -0.39 is 5.82 Å². The summed E-state index contributed by atoms with van der Waals surface area (Å²) in [6.07, 6.45) is 3.80. The van der Waals surface area contributed by atoms with Gasteiger partial charge in [-0.15, -0.1) is 0 Å². The standard InChI is InChI=1S/C19H26FN3O2/c1-4-6-7-11-25-17-10-8-9-14(18(17)20)13-21-19(24)16-12-15(5-2)22-23(16)3/h8-10,12H,4-7,11,13H2,1-3H3,(H,21,24). The van der Waals surface area contributed by atoms with Crippen LogP contribution in [0.3, 0.4) is 0 Å². The van der Waals surface area contributed by atoms with Gasteiger partial charge in [-0.2, -0.15) is 5.10 Å². The number of amides is 1. The van der Waals surface area contributed by atoms with Crippen molar-refractivity contribution < 1.29 is 13.9 Å². The number of benzene rings is 1. The van der Waals surface area contributed by atoms with Crippen LogP contribution in [0.25, 0.3) is 0 Å². The predicted molar refractivity (Wildman–Crippen MR) is 95.2 cm³/mol. The Hall–Kier alpha value is -2.37. The molecule has 1 aromatic heterocycles. The van der Waals surface area contributed by atoms with E-state index in [1.807, 2.05) is 6.92 Å². The fraction of sp³-hybridized carbons (Fsp3) is 0.474. The van der Waals surface area contributed by atoms with Gasteiger partial charge in [0.1, 0.15) is 5.69 Å². The van der Waals surface area contributed by atoms with E-state index in [2.05, 4.69) is 17.3 Å². The highest BCUT2D eigenvalue weighted by atomic mass is 19.1. The maximum atomic E-state index is 14.5. The number of nitrogens with zero attached hydrogens (tertiary/aromatic N) is 2. The van der Waals surface area contributed by atoms with Crippen LogP contribution >= 0.6 is 0 Å². The van der Waals surface area contributed by atoms with Crippen molar-refractivity contribution in [2.24, 2.45) is 7.05 Å². The summed E-state index contributed by atoms with van der Waals surface area (Å²) < 4.78 is 21.5. The van der Waals surface area contributed by atoms with Gasteiger partial charge < -0.3 is 10.1 Å². The van der Waals surface area contributed by atoms with Crippen molar-refractivity contribution in [3.05, 3.63) is 47.0 Å². The van der Waals surface area contributed by atoms with E-state index in [-0.39, 0.29) is 18.2 Å². The second kappa shape index (κ2) is 9.20. The van der Waals surface area contributed by atoms with E-state index >= 15 is 0 Å². The molecule has 1 amide bonds. The zero-order chi connectivity index (χ0) is 18.2. The maximum absolute atomic E-state index is 14.5. The van der Waals surface area contributed by atoms with E-state index in [1.54, 1.807) is 31.3 Å². The number of aromatic nitrogens is 2. The molecule has 2 aromatic rings. The number of carbonyl (C=O) groups excluding carboxylic acids is 1. The number of rotatable bonds is 9. The van der Waals surface area contributed by atoms with Gasteiger partial charge in [-0.05, 0) is 25.0 Å². The SMILES string of the molecule is CCCCCOc1cccc(CNC(=O)c2cc(CC)nn2C)c1F. The first-order chi connectivity index (χ1) is 12.1. The molecule has 0 aliphatic carbocycles. The van der Waals surface area contributed by atoms with Crippen LogP contribution in [0.4, 0.5) is 4.39 Å². The van der Waals surface area contributed by atoms with Crippen LogP contribution in [0.5, 0.6) is 5.75 Å². The third-order valence-electron chi connectivity index (χ3n) is 4.01. The number of unbranched alkanes of at least 4 members (excludes halogenated alkanes) is 2. The molecule has 0 saturated heterocycles. The second-order valence-electron chi connectivity index (χ2n) is 5.97. The zero-order valence-electron chi connectivity index (χ0n) is 15.1. The van der Waals surface area contributed by atoms with Gasteiger partial charge in [0.25, 0.3) is 5.91 Å². The summed E-state index contributed by atoms with van der Waals surface area (Å²) in [7, 11) is 1.72. The fourth-order valence-electron chi connectivity index (χ4n) is 2.52. The van der Waals surface area contributed by atoms with E-state index in [9.17, 15) is 9.18 Å². The van der Waals surface area contributed by atoms with Gasteiger partial charge in [-0.1, -0.05) is 38.8 Å². The Morgan fingerprint density at radius 3 is 2.80 bits per heavy atom. The molecule has 0 fully saturated rings. The lowest BCUT2D eigenvalue weighted by Gasteiger charge is -2.11. The minimum atomic E-state index is -0.418. The average molecular weight is 347 g/mol. The number of carbonyl (C=O) groups is 1.